The number of hydrogen-bond acceptors (Lipinski definition) is 3. The van der Waals surface area contributed by atoms with E-state index in [0.717, 1.165) is 54.6 Å². The first-order valence-electron chi connectivity index (χ1n) is 7.12. The molecule has 0 radical (unpaired) electrons. The van der Waals surface area contributed by atoms with Crippen molar-refractivity contribution in [2.24, 2.45) is 11.8 Å². The van der Waals surface area contributed by atoms with Crippen LogP contribution in [0.15, 0.2) is 5.38 Å². The van der Waals surface area contributed by atoms with Gasteiger partial charge in [-0.25, -0.2) is 4.98 Å². The predicted molar refractivity (Wildman–Crippen MR) is 76.9 cm³/mol. The summed E-state index contributed by atoms with van der Waals surface area (Å²) >= 11 is 1.68. The van der Waals surface area contributed by atoms with Gasteiger partial charge in [0.05, 0.1) is 16.3 Å². The summed E-state index contributed by atoms with van der Waals surface area (Å²) in [7, 11) is 0. The SMILES string of the molecule is Cc1nc(CC2(O)CCCC(C(C)C)CC2)cs1. The molecule has 3 heteroatoms. The Hall–Kier alpha value is -0.410. The van der Waals surface area contributed by atoms with Crippen molar-refractivity contribution < 1.29 is 5.11 Å². The average Bonchev–Trinajstić information content (AvgIpc) is 2.58. The maximum Gasteiger partial charge on any atom is 0.0897 e. The van der Waals surface area contributed by atoms with Crippen molar-refractivity contribution in [2.75, 3.05) is 0 Å². The smallest absolute Gasteiger partial charge is 0.0897 e. The molecule has 1 heterocycles. The number of hydrogen-bond donors (Lipinski definition) is 1. The Balaban J connectivity index is 1.98. The van der Waals surface area contributed by atoms with Crippen molar-refractivity contribution in [3.63, 3.8) is 0 Å². The zero-order chi connectivity index (χ0) is 13.2. The molecule has 102 valence electrons. The molecule has 1 fully saturated rings. The minimum Gasteiger partial charge on any atom is -0.389 e. The second-order valence-electron chi connectivity index (χ2n) is 6.19. The minimum absolute atomic E-state index is 0.510. The molecule has 18 heavy (non-hydrogen) atoms. The van der Waals surface area contributed by atoms with E-state index in [4.69, 9.17) is 0 Å². The summed E-state index contributed by atoms with van der Waals surface area (Å²) in [5.41, 5.74) is 0.562. The molecule has 0 saturated heterocycles. The van der Waals surface area contributed by atoms with Gasteiger partial charge >= 0.3 is 0 Å². The van der Waals surface area contributed by atoms with E-state index < -0.39 is 5.60 Å². The summed E-state index contributed by atoms with van der Waals surface area (Å²) in [5.74, 6) is 1.53. The molecule has 0 amide bonds. The lowest BCUT2D eigenvalue weighted by molar-refractivity contribution is 0.0229. The monoisotopic (exact) mass is 267 g/mol. The van der Waals surface area contributed by atoms with E-state index in [1.807, 2.05) is 6.92 Å². The highest BCUT2D eigenvalue weighted by atomic mass is 32.1. The fraction of sp³-hybridized carbons (Fsp3) is 0.800. The van der Waals surface area contributed by atoms with E-state index in [-0.39, 0.29) is 0 Å². The van der Waals surface area contributed by atoms with Crippen molar-refractivity contribution in [3.8, 4) is 0 Å². The molecule has 0 spiro atoms. The predicted octanol–water partition coefficient (Wildman–Crippen LogP) is 3.96. The molecule has 0 aromatic carbocycles. The van der Waals surface area contributed by atoms with Crippen LogP contribution in [0.25, 0.3) is 0 Å². The molecule has 1 saturated carbocycles. The lowest BCUT2D eigenvalue weighted by atomic mass is 9.86. The number of aryl methyl sites for hydroxylation is 1. The normalized spacial score (nSPS) is 29.5. The van der Waals surface area contributed by atoms with Gasteiger partial charge in [-0.3, -0.25) is 0 Å². The van der Waals surface area contributed by atoms with Crippen LogP contribution in [-0.4, -0.2) is 15.7 Å². The van der Waals surface area contributed by atoms with E-state index in [1.165, 1.54) is 6.42 Å². The van der Waals surface area contributed by atoms with Gasteiger partial charge in [-0.1, -0.05) is 26.7 Å². The molecule has 2 rings (SSSR count). The second kappa shape index (κ2) is 5.70. The molecule has 1 aromatic rings. The zero-order valence-corrected chi connectivity index (χ0v) is 12.6. The van der Waals surface area contributed by atoms with Crippen LogP contribution >= 0.6 is 11.3 Å². The number of aliphatic hydroxyl groups is 1. The first-order chi connectivity index (χ1) is 8.48. The van der Waals surface area contributed by atoms with Gasteiger partial charge in [-0.05, 0) is 38.0 Å². The fourth-order valence-electron chi connectivity index (χ4n) is 3.09. The summed E-state index contributed by atoms with van der Waals surface area (Å²) in [4.78, 5) is 4.49. The number of aromatic nitrogens is 1. The number of rotatable bonds is 3. The Morgan fingerprint density at radius 2 is 2.22 bits per heavy atom. The largest absolute Gasteiger partial charge is 0.389 e. The van der Waals surface area contributed by atoms with Gasteiger partial charge in [0, 0.05) is 11.8 Å². The molecule has 2 unspecified atom stereocenters. The van der Waals surface area contributed by atoms with Gasteiger partial charge in [0.2, 0.25) is 0 Å². The Bertz CT molecular complexity index is 388. The van der Waals surface area contributed by atoms with Crippen LogP contribution in [0.2, 0.25) is 0 Å². The highest BCUT2D eigenvalue weighted by Gasteiger charge is 2.32. The Kier molecular flexibility index (Phi) is 4.44. The molecule has 1 aliphatic rings. The Morgan fingerprint density at radius 3 is 2.83 bits per heavy atom. The first-order valence-corrected chi connectivity index (χ1v) is 8.00. The first kappa shape index (κ1) is 14.0. The van der Waals surface area contributed by atoms with Gasteiger partial charge in [-0.15, -0.1) is 11.3 Å². The van der Waals surface area contributed by atoms with Crippen LogP contribution in [0.4, 0.5) is 0 Å². The van der Waals surface area contributed by atoms with Gasteiger partial charge < -0.3 is 5.11 Å². The third-order valence-corrected chi connectivity index (χ3v) is 5.14. The Morgan fingerprint density at radius 1 is 1.44 bits per heavy atom. The fourth-order valence-corrected chi connectivity index (χ4v) is 3.70. The van der Waals surface area contributed by atoms with Gasteiger partial charge in [-0.2, -0.15) is 0 Å². The minimum atomic E-state index is -0.510. The standard InChI is InChI=1S/C15H25NOS/c1-11(2)13-5-4-7-15(17,8-6-13)9-14-10-18-12(3)16-14/h10-11,13,17H,4-9H2,1-3H3. The van der Waals surface area contributed by atoms with Crippen molar-refractivity contribution >= 4 is 11.3 Å². The summed E-state index contributed by atoms with van der Waals surface area (Å²) < 4.78 is 0. The summed E-state index contributed by atoms with van der Waals surface area (Å²) in [6.07, 6.45) is 6.21. The van der Waals surface area contributed by atoms with Gasteiger partial charge in [0.25, 0.3) is 0 Å². The van der Waals surface area contributed by atoms with E-state index in [2.05, 4.69) is 24.2 Å². The zero-order valence-electron chi connectivity index (χ0n) is 11.8. The van der Waals surface area contributed by atoms with Gasteiger partial charge in [0.1, 0.15) is 0 Å². The van der Waals surface area contributed by atoms with Crippen LogP contribution in [0.1, 0.15) is 56.7 Å². The molecule has 0 aliphatic heterocycles. The number of thiazole rings is 1. The molecular weight excluding hydrogens is 242 g/mol. The topological polar surface area (TPSA) is 33.1 Å². The lowest BCUT2D eigenvalue weighted by Crippen LogP contribution is -2.31. The van der Waals surface area contributed by atoms with Crippen LogP contribution in [0.3, 0.4) is 0 Å². The average molecular weight is 267 g/mol. The van der Waals surface area contributed by atoms with Crippen LogP contribution in [0.5, 0.6) is 0 Å². The highest BCUT2D eigenvalue weighted by molar-refractivity contribution is 7.09. The Labute approximate surface area is 114 Å². The lowest BCUT2D eigenvalue weighted by Gasteiger charge is -2.26. The molecule has 0 bridgehead atoms. The molecule has 2 nitrogen and oxygen atoms in total. The van der Waals surface area contributed by atoms with E-state index in [0.29, 0.717) is 0 Å². The summed E-state index contributed by atoms with van der Waals surface area (Å²) in [6.45, 7) is 6.64. The second-order valence-corrected chi connectivity index (χ2v) is 7.26. The number of nitrogens with zero attached hydrogens (tertiary/aromatic N) is 1. The maximum atomic E-state index is 10.8. The van der Waals surface area contributed by atoms with Crippen molar-refractivity contribution in [3.05, 3.63) is 16.1 Å². The van der Waals surface area contributed by atoms with Crippen LogP contribution in [0, 0.1) is 18.8 Å². The van der Waals surface area contributed by atoms with Crippen LogP contribution in [-0.2, 0) is 6.42 Å². The molecule has 1 N–H and O–H groups in total. The molecule has 2 atom stereocenters. The van der Waals surface area contributed by atoms with E-state index >= 15 is 0 Å². The molecular formula is C15H25NOS. The third-order valence-electron chi connectivity index (χ3n) is 4.32. The highest BCUT2D eigenvalue weighted by Crippen LogP contribution is 2.35. The summed E-state index contributed by atoms with van der Waals surface area (Å²) in [6, 6.07) is 0. The third kappa shape index (κ3) is 3.55. The maximum absolute atomic E-state index is 10.8. The van der Waals surface area contributed by atoms with Crippen LogP contribution < -0.4 is 0 Å². The van der Waals surface area contributed by atoms with Gasteiger partial charge in [0.15, 0.2) is 0 Å². The van der Waals surface area contributed by atoms with Crippen molar-refractivity contribution in [1.29, 1.82) is 0 Å². The van der Waals surface area contributed by atoms with E-state index in [1.54, 1.807) is 11.3 Å². The molecule has 1 aliphatic carbocycles. The summed E-state index contributed by atoms with van der Waals surface area (Å²) in [5, 5.41) is 14.0. The van der Waals surface area contributed by atoms with Crippen molar-refractivity contribution in [2.45, 2.75) is 64.9 Å². The molecule has 1 aromatic heterocycles. The quantitative estimate of drug-likeness (QED) is 0.841. The van der Waals surface area contributed by atoms with E-state index in [9.17, 15) is 5.11 Å². The van der Waals surface area contributed by atoms with Crippen molar-refractivity contribution in [1.82, 2.24) is 4.98 Å².